The zero-order chi connectivity index (χ0) is 19.1. The number of hydrogen-bond acceptors (Lipinski definition) is 6. The van der Waals surface area contributed by atoms with E-state index in [1.807, 2.05) is 6.07 Å². The minimum Gasteiger partial charge on any atom is -0.496 e. The number of nitrogens with two attached hydrogens (primary N) is 1. The fourth-order valence-corrected chi connectivity index (χ4v) is 2.35. The molecule has 0 atom stereocenters. The molecule has 7 nitrogen and oxygen atoms in total. The maximum absolute atomic E-state index is 12.4. The molecule has 0 aliphatic carbocycles. The van der Waals surface area contributed by atoms with Crippen LogP contribution in [0.5, 0.6) is 5.75 Å². The number of nitriles is 1. The molecule has 0 saturated carbocycles. The van der Waals surface area contributed by atoms with Gasteiger partial charge >= 0.3 is 5.97 Å². The first-order valence-corrected chi connectivity index (χ1v) is 7.88. The van der Waals surface area contributed by atoms with Gasteiger partial charge in [-0.2, -0.15) is 5.26 Å². The van der Waals surface area contributed by atoms with E-state index in [4.69, 9.17) is 32.1 Å². The highest BCUT2D eigenvalue weighted by molar-refractivity contribution is 6.33. The van der Waals surface area contributed by atoms with E-state index in [9.17, 15) is 9.59 Å². The maximum Gasteiger partial charge on any atom is 0.342 e. The van der Waals surface area contributed by atoms with Crippen LogP contribution in [0.4, 0.5) is 11.4 Å². The van der Waals surface area contributed by atoms with E-state index in [0.717, 1.165) is 0 Å². The van der Waals surface area contributed by atoms with Gasteiger partial charge in [-0.15, -0.1) is 0 Å². The Labute approximate surface area is 155 Å². The van der Waals surface area contributed by atoms with Crippen LogP contribution < -0.4 is 15.4 Å². The van der Waals surface area contributed by atoms with E-state index < -0.39 is 18.5 Å². The smallest absolute Gasteiger partial charge is 0.342 e. The summed E-state index contributed by atoms with van der Waals surface area (Å²) in [6.07, 6.45) is 0. The second kappa shape index (κ2) is 8.74. The van der Waals surface area contributed by atoms with Crippen LogP contribution >= 0.6 is 11.6 Å². The van der Waals surface area contributed by atoms with Crippen molar-refractivity contribution in [1.29, 1.82) is 5.26 Å². The molecular formula is C18H16ClN3O4. The Morgan fingerprint density at radius 3 is 2.58 bits per heavy atom. The lowest BCUT2D eigenvalue weighted by Gasteiger charge is -2.19. The number of halogens is 1. The van der Waals surface area contributed by atoms with Crippen molar-refractivity contribution in [2.45, 2.75) is 0 Å². The van der Waals surface area contributed by atoms with Crippen LogP contribution in [0.3, 0.4) is 0 Å². The van der Waals surface area contributed by atoms with Crippen molar-refractivity contribution >= 4 is 34.9 Å². The van der Waals surface area contributed by atoms with Gasteiger partial charge in [0.05, 0.1) is 23.9 Å². The zero-order valence-corrected chi connectivity index (χ0v) is 14.7. The third-order valence-electron chi connectivity index (χ3n) is 3.46. The Bertz CT molecular complexity index is 850. The summed E-state index contributed by atoms with van der Waals surface area (Å²) in [6, 6.07) is 13.2. The lowest BCUT2D eigenvalue weighted by molar-refractivity contribution is -0.121. The van der Waals surface area contributed by atoms with Gasteiger partial charge in [-0.05, 0) is 18.2 Å². The Kier molecular flexibility index (Phi) is 6.42. The number of carbonyl (C=O) groups excluding carboxylic acids is 2. The Balaban J connectivity index is 2.12. The predicted molar refractivity (Wildman–Crippen MR) is 97.1 cm³/mol. The first-order valence-electron chi connectivity index (χ1n) is 7.50. The van der Waals surface area contributed by atoms with Crippen LogP contribution in [0.1, 0.15) is 10.4 Å². The number of nitrogen functional groups attached to an aromatic ring is 1. The SMILES string of the molecule is COc1cc(N)c(Cl)cc1C(=O)OCC(=O)N(CC#N)c1ccccc1. The van der Waals surface area contributed by atoms with E-state index >= 15 is 0 Å². The molecule has 0 saturated heterocycles. The molecule has 1 amide bonds. The second-order valence-electron chi connectivity index (χ2n) is 5.12. The van der Waals surface area contributed by atoms with Crippen LogP contribution in [0.2, 0.25) is 5.02 Å². The van der Waals surface area contributed by atoms with Gasteiger partial charge in [0.2, 0.25) is 0 Å². The Morgan fingerprint density at radius 1 is 1.27 bits per heavy atom. The first-order chi connectivity index (χ1) is 12.5. The molecule has 0 bridgehead atoms. The first kappa shape index (κ1) is 19.1. The van der Waals surface area contributed by atoms with Crippen molar-refractivity contribution < 1.29 is 19.1 Å². The summed E-state index contributed by atoms with van der Waals surface area (Å²) in [5.74, 6) is -1.14. The number of carbonyl (C=O) groups is 2. The molecule has 2 aromatic carbocycles. The summed E-state index contributed by atoms with van der Waals surface area (Å²) in [7, 11) is 1.37. The Morgan fingerprint density at radius 2 is 1.96 bits per heavy atom. The normalized spacial score (nSPS) is 9.88. The number of benzene rings is 2. The number of nitrogens with zero attached hydrogens (tertiary/aromatic N) is 2. The molecule has 0 radical (unpaired) electrons. The van der Waals surface area contributed by atoms with E-state index in [1.165, 1.54) is 24.1 Å². The summed E-state index contributed by atoms with van der Waals surface area (Å²) in [5, 5.41) is 9.10. The van der Waals surface area contributed by atoms with E-state index in [2.05, 4.69) is 0 Å². The molecule has 2 rings (SSSR count). The number of ether oxygens (including phenoxy) is 2. The topological polar surface area (TPSA) is 106 Å². The van der Waals surface area contributed by atoms with Crippen LogP contribution in [-0.4, -0.2) is 32.1 Å². The molecule has 0 aliphatic rings. The summed E-state index contributed by atoms with van der Waals surface area (Å²) in [5.41, 5.74) is 6.50. The predicted octanol–water partition coefficient (Wildman–Crippen LogP) is 2.64. The van der Waals surface area contributed by atoms with Gasteiger partial charge in [0, 0.05) is 11.8 Å². The monoisotopic (exact) mass is 373 g/mol. The van der Waals surface area contributed by atoms with Gasteiger partial charge in [-0.1, -0.05) is 29.8 Å². The fraction of sp³-hybridized carbons (Fsp3) is 0.167. The molecule has 134 valence electrons. The third kappa shape index (κ3) is 4.43. The molecule has 26 heavy (non-hydrogen) atoms. The average Bonchev–Trinajstić information content (AvgIpc) is 2.66. The standard InChI is InChI=1S/C18H16ClN3O4/c1-25-16-10-15(21)14(19)9-13(16)18(24)26-11-17(23)22(8-7-20)12-5-3-2-4-6-12/h2-6,9-10H,8,11,21H2,1H3. The van der Waals surface area contributed by atoms with Crippen molar-refractivity contribution in [3.8, 4) is 11.8 Å². The van der Waals surface area contributed by atoms with Crippen LogP contribution in [-0.2, 0) is 9.53 Å². The summed E-state index contributed by atoms with van der Waals surface area (Å²) < 4.78 is 10.1. The largest absolute Gasteiger partial charge is 0.496 e. The number of esters is 1. The molecular weight excluding hydrogens is 358 g/mol. The minimum absolute atomic E-state index is 0.0473. The van der Waals surface area contributed by atoms with E-state index in [-0.39, 0.29) is 28.6 Å². The molecule has 8 heteroatoms. The second-order valence-corrected chi connectivity index (χ2v) is 5.53. The summed E-state index contributed by atoms with van der Waals surface area (Å²) in [6.45, 7) is -0.710. The lowest BCUT2D eigenvalue weighted by Crippen LogP contribution is -2.35. The van der Waals surface area contributed by atoms with Crippen LogP contribution in [0.25, 0.3) is 0 Å². The third-order valence-corrected chi connectivity index (χ3v) is 3.79. The molecule has 0 spiro atoms. The van der Waals surface area contributed by atoms with E-state index in [0.29, 0.717) is 5.69 Å². The summed E-state index contributed by atoms with van der Waals surface area (Å²) in [4.78, 5) is 25.9. The Hall–Kier alpha value is -3.24. The van der Waals surface area contributed by atoms with Gasteiger partial charge in [-0.25, -0.2) is 4.79 Å². The van der Waals surface area contributed by atoms with Crippen molar-refractivity contribution in [1.82, 2.24) is 0 Å². The number of anilines is 2. The quantitative estimate of drug-likeness (QED) is 0.474. The molecule has 0 fully saturated rings. The molecule has 0 unspecified atom stereocenters. The van der Waals surface area contributed by atoms with Crippen LogP contribution in [0, 0.1) is 11.3 Å². The zero-order valence-electron chi connectivity index (χ0n) is 13.9. The fourth-order valence-electron chi connectivity index (χ4n) is 2.18. The van der Waals surface area contributed by atoms with Gasteiger partial charge in [0.1, 0.15) is 17.9 Å². The average molecular weight is 374 g/mol. The van der Waals surface area contributed by atoms with E-state index in [1.54, 1.807) is 30.3 Å². The van der Waals surface area contributed by atoms with Gasteiger partial charge in [-0.3, -0.25) is 9.69 Å². The highest BCUT2D eigenvalue weighted by Crippen LogP contribution is 2.29. The molecule has 2 N–H and O–H groups in total. The number of rotatable bonds is 6. The summed E-state index contributed by atoms with van der Waals surface area (Å²) >= 11 is 5.92. The molecule has 0 heterocycles. The molecule has 0 aliphatic heterocycles. The van der Waals surface area contributed by atoms with Crippen molar-refractivity contribution in [3.63, 3.8) is 0 Å². The van der Waals surface area contributed by atoms with Gasteiger partial charge < -0.3 is 15.2 Å². The van der Waals surface area contributed by atoms with Crippen LogP contribution in [0.15, 0.2) is 42.5 Å². The highest BCUT2D eigenvalue weighted by atomic mass is 35.5. The van der Waals surface area contributed by atoms with Gasteiger partial charge in [0.15, 0.2) is 6.61 Å². The maximum atomic E-state index is 12.4. The highest BCUT2D eigenvalue weighted by Gasteiger charge is 2.20. The number of methoxy groups -OCH3 is 1. The number of hydrogen-bond donors (Lipinski definition) is 1. The van der Waals surface area contributed by atoms with Gasteiger partial charge in [0.25, 0.3) is 5.91 Å². The van der Waals surface area contributed by atoms with Crippen molar-refractivity contribution in [2.24, 2.45) is 0 Å². The van der Waals surface area contributed by atoms with Crippen molar-refractivity contribution in [2.75, 3.05) is 30.9 Å². The minimum atomic E-state index is -0.790. The van der Waals surface area contributed by atoms with Crippen molar-refractivity contribution in [3.05, 3.63) is 53.1 Å². The molecule has 0 aromatic heterocycles. The molecule has 2 aromatic rings. The number of amides is 1. The number of para-hydroxylation sites is 1. The lowest BCUT2D eigenvalue weighted by atomic mass is 10.2.